The van der Waals surface area contributed by atoms with Gasteiger partial charge in [-0.1, -0.05) is 0 Å². The molecule has 0 saturated heterocycles. The summed E-state index contributed by atoms with van der Waals surface area (Å²) in [5.41, 5.74) is 10.3. The Labute approximate surface area is 63.8 Å². The smallest absolute Gasteiger partial charge is 0.00750 e. The maximum absolute atomic E-state index is 5.17. The van der Waals surface area contributed by atoms with Crippen LogP contribution in [-0.4, -0.2) is 26.2 Å². The SMILES string of the molecule is NCCNCCN.[Pd]. The van der Waals surface area contributed by atoms with Crippen LogP contribution in [0.25, 0.3) is 0 Å². The first kappa shape index (κ1) is 11.4. The second-order valence-corrected chi connectivity index (χ2v) is 1.33. The van der Waals surface area contributed by atoms with E-state index in [0.717, 1.165) is 13.1 Å². The Morgan fingerprint density at radius 2 is 1.38 bits per heavy atom. The monoisotopic (exact) mass is 209 g/mol. The van der Waals surface area contributed by atoms with E-state index in [-0.39, 0.29) is 20.4 Å². The minimum Gasteiger partial charge on any atom is -0.329 e. The van der Waals surface area contributed by atoms with Gasteiger partial charge in [-0.15, -0.1) is 0 Å². The van der Waals surface area contributed by atoms with Gasteiger partial charge in [-0.3, -0.25) is 0 Å². The molecule has 0 aliphatic carbocycles. The van der Waals surface area contributed by atoms with Crippen molar-refractivity contribution in [3.63, 3.8) is 0 Å². The van der Waals surface area contributed by atoms with Crippen LogP contribution in [0.4, 0.5) is 0 Å². The van der Waals surface area contributed by atoms with Crippen molar-refractivity contribution in [3.05, 3.63) is 0 Å². The minimum atomic E-state index is 0. The minimum absolute atomic E-state index is 0. The van der Waals surface area contributed by atoms with Crippen LogP contribution < -0.4 is 16.8 Å². The average Bonchev–Trinajstić information content (AvgIpc) is 1.69. The van der Waals surface area contributed by atoms with Crippen LogP contribution in [0.1, 0.15) is 0 Å². The number of rotatable bonds is 4. The van der Waals surface area contributed by atoms with E-state index in [1.807, 2.05) is 0 Å². The van der Waals surface area contributed by atoms with Gasteiger partial charge in [-0.2, -0.15) is 0 Å². The summed E-state index contributed by atoms with van der Waals surface area (Å²) in [6.07, 6.45) is 0. The molecule has 0 aromatic carbocycles. The molecule has 5 N–H and O–H groups in total. The van der Waals surface area contributed by atoms with Crippen LogP contribution in [0.5, 0.6) is 0 Å². The maximum Gasteiger partial charge on any atom is 0.00750 e. The molecular formula is C4H13N3Pd. The van der Waals surface area contributed by atoms with Crippen molar-refractivity contribution in [2.24, 2.45) is 11.5 Å². The largest absolute Gasteiger partial charge is 0.329 e. The Morgan fingerprint density at radius 3 is 1.62 bits per heavy atom. The summed E-state index contributed by atoms with van der Waals surface area (Å²) >= 11 is 0. The van der Waals surface area contributed by atoms with Gasteiger partial charge >= 0.3 is 0 Å². The summed E-state index contributed by atoms with van der Waals surface area (Å²) in [5, 5.41) is 3.03. The molecule has 0 fully saturated rings. The normalized spacial score (nSPS) is 8.25. The molecule has 0 unspecified atom stereocenters. The van der Waals surface area contributed by atoms with Crippen molar-refractivity contribution in [1.29, 1.82) is 0 Å². The third kappa shape index (κ3) is 9.74. The summed E-state index contributed by atoms with van der Waals surface area (Å²) in [4.78, 5) is 0. The zero-order valence-electron chi connectivity index (χ0n) is 4.80. The predicted octanol–water partition coefficient (Wildman–Crippen LogP) is -1.51. The van der Waals surface area contributed by atoms with Crippen LogP contribution in [0.2, 0.25) is 0 Å². The quantitative estimate of drug-likeness (QED) is 0.390. The third-order valence-corrected chi connectivity index (χ3v) is 0.642. The van der Waals surface area contributed by atoms with Crippen LogP contribution in [0.15, 0.2) is 0 Å². The fourth-order valence-electron chi connectivity index (χ4n) is 0.329. The summed E-state index contributed by atoms with van der Waals surface area (Å²) in [5.74, 6) is 0. The molecule has 0 aliphatic heterocycles. The van der Waals surface area contributed by atoms with Crippen molar-refractivity contribution in [1.82, 2.24) is 5.32 Å². The molecule has 0 aliphatic rings. The molecule has 8 heavy (non-hydrogen) atoms. The van der Waals surface area contributed by atoms with E-state index in [2.05, 4.69) is 5.32 Å². The molecule has 4 heteroatoms. The summed E-state index contributed by atoms with van der Waals surface area (Å²) in [6, 6.07) is 0. The molecule has 3 nitrogen and oxygen atoms in total. The van der Waals surface area contributed by atoms with Gasteiger partial charge in [-0.25, -0.2) is 0 Å². The molecule has 0 radical (unpaired) electrons. The van der Waals surface area contributed by atoms with E-state index >= 15 is 0 Å². The van der Waals surface area contributed by atoms with Gasteiger partial charge in [0.15, 0.2) is 0 Å². The van der Waals surface area contributed by atoms with E-state index in [9.17, 15) is 0 Å². The maximum atomic E-state index is 5.17. The van der Waals surface area contributed by atoms with E-state index < -0.39 is 0 Å². The summed E-state index contributed by atoms with van der Waals surface area (Å²) < 4.78 is 0. The summed E-state index contributed by atoms with van der Waals surface area (Å²) in [6.45, 7) is 3.13. The van der Waals surface area contributed by atoms with Gasteiger partial charge < -0.3 is 16.8 Å². The van der Waals surface area contributed by atoms with E-state index in [1.165, 1.54) is 0 Å². The number of nitrogens with one attached hydrogen (secondary N) is 1. The van der Waals surface area contributed by atoms with E-state index in [1.54, 1.807) is 0 Å². The number of hydrogen-bond donors (Lipinski definition) is 3. The molecule has 0 saturated carbocycles. The molecule has 54 valence electrons. The Bertz CT molecular complexity index is 30.5. The van der Waals surface area contributed by atoms with Crippen molar-refractivity contribution in [2.75, 3.05) is 26.2 Å². The standard InChI is InChI=1S/C4H13N3.Pd/c5-1-3-7-4-2-6;/h7H,1-6H2;. The van der Waals surface area contributed by atoms with Crippen molar-refractivity contribution >= 4 is 0 Å². The molecular weight excluding hydrogens is 196 g/mol. The van der Waals surface area contributed by atoms with Gasteiger partial charge in [0.2, 0.25) is 0 Å². The average molecular weight is 210 g/mol. The Hall–Kier alpha value is 0.542. The second kappa shape index (κ2) is 10.5. The number of hydrogen-bond acceptors (Lipinski definition) is 3. The first-order valence-electron chi connectivity index (χ1n) is 2.52. The molecule has 0 atom stereocenters. The first-order valence-corrected chi connectivity index (χ1v) is 2.52. The molecule has 0 rings (SSSR count). The van der Waals surface area contributed by atoms with Gasteiger partial charge in [0.05, 0.1) is 0 Å². The molecule has 0 bridgehead atoms. The van der Waals surface area contributed by atoms with Crippen molar-refractivity contribution in [3.8, 4) is 0 Å². The van der Waals surface area contributed by atoms with Gasteiger partial charge in [0.25, 0.3) is 0 Å². The Balaban J connectivity index is 0. The Kier molecular flexibility index (Phi) is 14.9. The zero-order chi connectivity index (χ0) is 5.54. The number of nitrogens with two attached hydrogens (primary N) is 2. The summed E-state index contributed by atoms with van der Waals surface area (Å²) in [7, 11) is 0. The van der Waals surface area contributed by atoms with Crippen LogP contribution in [-0.2, 0) is 20.4 Å². The second-order valence-electron chi connectivity index (χ2n) is 1.33. The van der Waals surface area contributed by atoms with Crippen LogP contribution in [0, 0.1) is 0 Å². The molecule has 0 aromatic rings. The topological polar surface area (TPSA) is 64.1 Å². The molecule has 0 spiro atoms. The van der Waals surface area contributed by atoms with E-state index in [0.29, 0.717) is 13.1 Å². The molecule has 0 amide bonds. The van der Waals surface area contributed by atoms with Crippen molar-refractivity contribution in [2.45, 2.75) is 0 Å². The van der Waals surface area contributed by atoms with Crippen LogP contribution >= 0.6 is 0 Å². The van der Waals surface area contributed by atoms with Gasteiger partial charge in [0.1, 0.15) is 0 Å². The van der Waals surface area contributed by atoms with E-state index in [4.69, 9.17) is 11.5 Å². The fraction of sp³-hybridized carbons (Fsp3) is 1.00. The predicted molar refractivity (Wildman–Crippen MR) is 31.0 cm³/mol. The van der Waals surface area contributed by atoms with Crippen molar-refractivity contribution < 1.29 is 20.4 Å². The van der Waals surface area contributed by atoms with Gasteiger partial charge in [0, 0.05) is 46.6 Å². The van der Waals surface area contributed by atoms with Gasteiger partial charge in [-0.05, 0) is 0 Å². The Morgan fingerprint density at radius 1 is 1.00 bits per heavy atom. The molecule has 0 heterocycles. The molecule has 0 aromatic heterocycles. The third-order valence-electron chi connectivity index (χ3n) is 0.642. The first-order chi connectivity index (χ1) is 3.41. The zero-order valence-corrected chi connectivity index (χ0v) is 6.35. The fourth-order valence-corrected chi connectivity index (χ4v) is 0.329. The van der Waals surface area contributed by atoms with Crippen LogP contribution in [0.3, 0.4) is 0 Å².